The van der Waals surface area contributed by atoms with Crippen molar-refractivity contribution in [2.75, 3.05) is 20.3 Å². The Morgan fingerprint density at radius 3 is 2.81 bits per heavy atom. The maximum Gasteiger partial charge on any atom is 0.286 e. The van der Waals surface area contributed by atoms with Gasteiger partial charge in [-0.25, -0.2) is 0 Å². The first-order valence-corrected chi connectivity index (χ1v) is 9.80. The molecule has 2 aromatic carbocycles. The van der Waals surface area contributed by atoms with Crippen molar-refractivity contribution in [3.63, 3.8) is 0 Å². The van der Waals surface area contributed by atoms with E-state index in [1.165, 1.54) is 11.3 Å². The first kappa shape index (κ1) is 19.9. The van der Waals surface area contributed by atoms with E-state index in [0.29, 0.717) is 33.7 Å². The first-order valence-electron chi connectivity index (χ1n) is 8.23. The Morgan fingerprint density at radius 2 is 2.07 bits per heavy atom. The smallest absolute Gasteiger partial charge is 0.286 e. The van der Waals surface area contributed by atoms with Gasteiger partial charge in [-0.1, -0.05) is 46.7 Å². The highest BCUT2D eigenvalue weighted by atomic mass is 35.5. The highest BCUT2D eigenvalue weighted by molar-refractivity contribution is 7.16. The third-order valence-corrected chi connectivity index (χ3v) is 5.46. The van der Waals surface area contributed by atoms with Gasteiger partial charge in [0, 0.05) is 18.7 Å². The summed E-state index contributed by atoms with van der Waals surface area (Å²) in [6, 6.07) is 10.9. The number of thiazole rings is 1. The molecule has 0 bridgehead atoms. The molecule has 3 aromatic rings. The quantitative estimate of drug-likeness (QED) is 0.586. The number of ether oxygens (including phenoxy) is 2. The summed E-state index contributed by atoms with van der Waals surface area (Å²) in [5.41, 5.74) is 2.19. The van der Waals surface area contributed by atoms with Crippen LogP contribution < -0.4 is 9.54 Å². The van der Waals surface area contributed by atoms with E-state index in [4.69, 9.17) is 32.7 Å². The summed E-state index contributed by atoms with van der Waals surface area (Å²) in [5, 5.41) is 0.853. The molecule has 27 heavy (non-hydrogen) atoms. The normalized spacial score (nSPS) is 11.9. The number of benzene rings is 2. The molecule has 0 aliphatic heterocycles. The molecule has 0 saturated heterocycles. The maximum atomic E-state index is 12.4. The van der Waals surface area contributed by atoms with Crippen molar-refractivity contribution in [3.8, 4) is 5.75 Å². The fourth-order valence-corrected chi connectivity index (χ4v) is 4.27. The van der Waals surface area contributed by atoms with E-state index in [2.05, 4.69) is 4.99 Å². The van der Waals surface area contributed by atoms with E-state index in [0.717, 1.165) is 15.8 Å². The summed E-state index contributed by atoms with van der Waals surface area (Å²) in [6.07, 6.45) is 0. The van der Waals surface area contributed by atoms with E-state index in [-0.39, 0.29) is 6.61 Å². The molecular weight excluding hydrogens is 407 g/mol. The van der Waals surface area contributed by atoms with Crippen LogP contribution >= 0.6 is 34.5 Å². The SMILES string of the molecule is COCCn1c(=NC(=O)COc2ccc(Cl)cc2Cl)sc2cccc(C)c21. The van der Waals surface area contributed by atoms with Gasteiger partial charge in [0.05, 0.1) is 21.8 Å². The average molecular weight is 425 g/mol. The number of aryl methyl sites for hydroxylation is 1. The molecule has 3 rings (SSSR count). The van der Waals surface area contributed by atoms with Gasteiger partial charge in [0.15, 0.2) is 11.4 Å². The molecule has 0 aliphatic rings. The molecule has 1 amide bonds. The number of hydrogen-bond donors (Lipinski definition) is 0. The van der Waals surface area contributed by atoms with E-state index < -0.39 is 5.91 Å². The number of para-hydroxylation sites is 1. The van der Waals surface area contributed by atoms with Crippen molar-refractivity contribution in [1.82, 2.24) is 4.57 Å². The summed E-state index contributed by atoms with van der Waals surface area (Å²) in [6.45, 7) is 2.96. The fraction of sp³-hybridized carbons (Fsp3) is 0.263. The number of rotatable bonds is 6. The Morgan fingerprint density at radius 1 is 1.26 bits per heavy atom. The summed E-state index contributed by atoms with van der Waals surface area (Å²) in [4.78, 5) is 17.2. The first-order chi connectivity index (χ1) is 13.0. The molecule has 0 atom stereocenters. The molecule has 8 heteroatoms. The molecule has 1 aromatic heterocycles. The molecule has 0 N–H and O–H groups in total. The lowest BCUT2D eigenvalue weighted by Crippen LogP contribution is -2.21. The van der Waals surface area contributed by atoms with Crippen molar-refractivity contribution < 1.29 is 14.3 Å². The third-order valence-electron chi connectivity index (χ3n) is 3.89. The van der Waals surface area contributed by atoms with Gasteiger partial charge in [-0.15, -0.1) is 0 Å². The van der Waals surface area contributed by atoms with Crippen LogP contribution in [0.4, 0.5) is 0 Å². The lowest BCUT2D eigenvalue weighted by atomic mass is 10.2. The van der Waals surface area contributed by atoms with E-state index in [9.17, 15) is 4.79 Å². The van der Waals surface area contributed by atoms with Gasteiger partial charge in [-0.3, -0.25) is 4.79 Å². The van der Waals surface area contributed by atoms with Gasteiger partial charge >= 0.3 is 0 Å². The van der Waals surface area contributed by atoms with Crippen LogP contribution in [0.25, 0.3) is 10.2 Å². The molecule has 0 saturated carbocycles. The number of methoxy groups -OCH3 is 1. The Bertz CT molecular complexity index is 1040. The summed E-state index contributed by atoms with van der Waals surface area (Å²) >= 11 is 13.4. The highest BCUT2D eigenvalue weighted by Gasteiger charge is 2.11. The number of amides is 1. The third kappa shape index (κ3) is 4.71. The Kier molecular flexibility index (Phi) is 6.55. The number of hydrogen-bond acceptors (Lipinski definition) is 4. The minimum Gasteiger partial charge on any atom is -0.482 e. The second-order valence-electron chi connectivity index (χ2n) is 5.82. The fourth-order valence-electron chi connectivity index (χ4n) is 2.65. The molecule has 142 valence electrons. The maximum absolute atomic E-state index is 12.4. The van der Waals surface area contributed by atoms with Crippen LogP contribution in [0, 0.1) is 6.92 Å². The Balaban J connectivity index is 1.87. The second kappa shape index (κ2) is 8.89. The zero-order valence-electron chi connectivity index (χ0n) is 14.9. The van der Waals surface area contributed by atoms with Gasteiger partial charge in [0.25, 0.3) is 5.91 Å². The van der Waals surface area contributed by atoms with Crippen LogP contribution in [-0.2, 0) is 16.1 Å². The van der Waals surface area contributed by atoms with E-state index in [1.807, 2.05) is 29.7 Å². The standard InChI is InChI=1S/C19H18Cl2N2O3S/c1-12-4-3-5-16-18(12)23(8-9-25-2)19(27-16)22-17(24)11-26-15-7-6-13(20)10-14(15)21/h3-7,10H,8-9,11H2,1-2H3. The molecule has 0 aliphatic carbocycles. The topological polar surface area (TPSA) is 52.8 Å². The van der Waals surface area contributed by atoms with Crippen LogP contribution in [-0.4, -0.2) is 30.8 Å². The van der Waals surface area contributed by atoms with Crippen LogP contribution in [0.3, 0.4) is 0 Å². The Hall–Kier alpha value is -1.86. The zero-order chi connectivity index (χ0) is 19.4. The summed E-state index contributed by atoms with van der Waals surface area (Å²) in [7, 11) is 1.65. The predicted octanol–water partition coefficient (Wildman–Crippen LogP) is 4.47. The number of halogens is 2. The molecular formula is C19H18Cl2N2O3S. The number of fused-ring (bicyclic) bond motifs is 1. The largest absolute Gasteiger partial charge is 0.482 e. The van der Waals surface area contributed by atoms with Crippen LogP contribution in [0.2, 0.25) is 10.0 Å². The van der Waals surface area contributed by atoms with Crippen molar-refractivity contribution in [3.05, 3.63) is 56.8 Å². The number of nitrogens with zero attached hydrogens (tertiary/aromatic N) is 2. The van der Waals surface area contributed by atoms with Crippen molar-refractivity contribution in [1.29, 1.82) is 0 Å². The molecule has 0 spiro atoms. The van der Waals surface area contributed by atoms with E-state index >= 15 is 0 Å². The van der Waals surface area contributed by atoms with Gasteiger partial charge in [0.2, 0.25) is 0 Å². The van der Waals surface area contributed by atoms with Crippen LogP contribution in [0.1, 0.15) is 5.56 Å². The molecule has 0 unspecified atom stereocenters. The molecule has 1 heterocycles. The van der Waals surface area contributed by atoms with Gasteiger partial charge in [-0.2, -0.15) is 4.99 Å². The van der Waals surface area contributed by atoms with Crippen molar-refractivity contribution >= 4 is 50.7 Å². The van der Waals surface area contributed by atoms with Gasteiger partial charge < -0.3 is 14.0 Å². The monoisotopic (exact) mass is 424 g/mol. The average Bonchev–Trinajstić information content (AvgIpc) is 2.97. The minimum atomic E-state index is -0.392. The highest BCUT2D eigenvalue weighted by Crippen LogP contribution is 2.27. The van der Waals surface area contributed by atoms with Crippen LogP contribution in [0.15, 0.2) is 41.4 Å². The minimum absolute atomic E-state index is 0.209. The summed E-state index contributed by atoms with van der Waals surface area (Å²) in [5.74, 6) is 0.000420. The number of carbonyl (C=O) groups excluding carboxylic acids is 1. The van der Waals surface area contributed by atoms with Gasteiger partial charge in [-0.05, 0) is 36.8 Å². The predicted molar refractivity (Wildman–Crippen MR) is 109 cm³/mol. The Labute approximate surface area is 170 Å². The van der Waals surface area contributed by atoms with Gasteiger partial charge in [0.1, 0.15) is 5.75 Å². The lowest BCUT2D eigenvalue weighted by Gasteiger charge is -2.07. The zero-order valence-corrected chi connectivity index (χ0v) is 17.2. The number of aromatic nitrogens is 1. The molecule has 0 fully saturated rings. The molecule has 5 nitrogen and oxygen atoms in total. The summed E-state index contributed by atoms with van der Waals surface area (Å²) < 4.78 is 13.8. The van der Waals surface area contributed by atoms with Crippen molar-refractivity contribution in [2.45, 2.75) is 13.5 Å². The number of carbonyl (C=O) groups is 1. The van der Waals surface area contributed by atoms with Crippen LogP contribution in [0.5, 0.6) is 5.75 Å². The van der Waals surface area contributed by atoms with E-state index in [1.54, 1.807) is 25.3 Å². The lowest BCUT2D eigenvalue weighted by molar-refractivity contribution is -0.120. The second-order valence-corrected chi connectivity index (χ2v) is 7.67. The molecule has 0 radical (unpaired) electrons. The van der Waals surface area contributed by atoms with Crippen molar-refractivity contribution in [2.24, 2.45) is 4.99 Å².